The van der Waals surface area contributed by atoms with Crippen LogP contribution in [0.3, 0.4) is 0 Å². The van der Waals surface area contributed by atoms with Crippen LogP contribution in [0.25, 0.3) is 11.3 Å². The largest absolute Gasteiger partial charge is 0.451 e. The third-order valence-corrected chi connectivity index (χ3v) is 6.09. The van der Waals surface area contributed by atoms with Crippen molar-refractivity contribution in [2.24, 2.45) is 0 Å². The van der Waals surface area contributed by atoms with Gasteiger partial charge >= 0.3 is 6.18 Å². The highest BCUT2D eigenvalue weighted by Crippen LogP contribution is 2.37. The molecule has 2 aromatic heterocycles. The van der Waals surface area contributed by atoms with Gasteiger partial charge in [-0.1, -0.05) is 41.4 Å². The van der Waals surface area contributed by atoms with E-state index in [1.165, 1.54) is 29.5 Å². The summed E-state index contributed by atoms with van der Waals surface area (Å²) < 4.78 is 44.7. The summed E-state index contributed by atoms with van der Waals surface area (Å²) in [7, 11) is 0. The SMILES string of the molecule is O=C(Nc1ncc(Cc2ccccc2Cl)s1)c1ccc(-c2ccc(Cl)c(C(F)(F)F)c2)o1. The van der Waals surface area contributed by atoms with Crippen LogP contribution in [0.15, 0.2) is 65.2 Å². The van der Waals surface area contributed by atoms with E-state index in [1.807, 2.05) is 18.2 Å². The van der Waals surface area contributed by atoms with Gasteiger partial charge in [-0.25, -0.2) is 4.98 Å². The molecule has 32 heavy (non-hydrogen) atoms. The third-order valence-electron chi connectivity index (χ3n) is 4.48. The number of benzene rings is 2. The molecule has 2 heterocycles. The standard InChI is InChI=1S/C22H13Cl2F3N2O2S/c23-16-4-2-1-3-12(16)9-14-11-28-21(32-14)29-20(30)19-8-7-18(31-19)13-5-6-17(24)15(10-13)22(25,26)27/h1-8,10-11H,9H2,(H,28,29,30). The molecule has 1 amide bonds. The smallest absolute Gasteiger partial charge is 0.417 e. The van der Waals surface area contributed by atoms with Crippen molar-refractivity contribution in [2.45, 2.75) is 12.6 Å². The van der Waals surface area contributed by atoms with E-state index in [0.717, 1.165) is 22.6 Å². The summed E-state index contributed by atoms with van der Waals surface area (Å²) in [5.41, 5.74) is 0.109. The van der Waals surface area contributed by atoms with Crippen LogP contribution in [0.5, 0.6) is 0 Å². The second-order valence-corrected chi connectivity index (χ2v) is 8.64. The first kappa shape index (κ1) is 22.4. The van der Waals surface area contributed by atoms with Crippen LogP contribution >= 0.6 is 34.5 Å². The summed E-state index contributed by atoms with van der Waals surface area (Å²) in [5.74, 6) is -0.526. The lowest BCUT2D eigenvalue weighted by molar-refractivity contribution is -0.137. The molecule has 0 aliphatic carbocycles. The number of thiazole rings is 1. The van der Waals surface area contributed by atoms with E-state index in [9.17, 15) is 18.0 Å². The Hall–Kier alpha value is -2.81. The number of nitrogens with one attached hydrogen (secondary N) is 1. The second kappa shape index (κ2) is 8.97. The maximum absolute atomic E-state index is 13.1. The molecule has 0 radical (unpaired) electrons. The Morgan fingerprint density at radius 2 is 1.84 bits per heavy atom. The first-order chi connectivity index (χ1) is 15.2. The summed E-state index contributed by atoms with van der Waals surface area (Å²) >= 11 is 13.1. The van der Waals surface area contributed by atoms with Gasteiger partial charge in [0.2, 0.25) is 0 Å². The van der Waals surface area contributed by atoms with Gasteiger partial charge in [-0.15, -0.1) is 11.3 Å². The lowest BCUT2D eigenvalue weighted by atomic mass is 10.1. The van der Waals surface area contributed by atoms with Crippen LogP contribution in [-0.4, -0.2) is 10.9 Å². The minimum absolute atomic E-state index is 0.0636. The maximum atomic E-state index is 13.1. The predicted molar refractivity (Wildman–Crippen MR) is 118 cm³/mol. The molecule has 0 aliphatic heterocycles. The number of alkyl halides is 3. The van der Waals surface area contributed by atoms with Crippen LogP contribution in [0, 0.1) is 0 Å². The van der Waals surface area contributed by atoms with Gasteiger partial charge in [-0.2, -0.15) is 13.2 Å². The van der Waals surface area contributed by atoms with Gasteiger partial charge in [0, 0.05) is 28.1 Å². The topological polar surface area (TPSA) is 55.1 Å². The van der Waals surface area contributed by atoms with Gasteiger partial charge in [0.15, 0.2) is 10.9 Å². The number of halogens is 5. The van der Waals surface area contributed by atoms with Crippen molar-refractivity contribution in [3.63, 3.8) is 0 Å². The molecular formula is C22H13Cl2F3N2O2S. The van der Waals surface area contributed by atoms with Gasteiger partial charge in [0.1, 0.15) is 5.76 Å². The number of amides is 1. The van der Waals surface area contributed by atoms with E-state index in [2.05, 4.69) is 10.3 Å². The lowest BCUT2D eigenvalue weighted by Gasteiger charge is -2.09. The van der Waals surface area contributed by atoms with Gasteiger partial charge in [-0.3, -0.25) is 10.1 Å². The molecule has 4 rings (SSSR count). The zero-order valence-electron chi connectivity index (χ0n) is 16.0. The molecule has 0 fully saturated rings. The zero-order valence-corrected chi connectivity index (χ0v) is 18.4. The van der Waals surface area contributed by atoms with Crippen LogP contribution in [0.2, 0.25) is 10.0 Å². The molecule has 0 aliphatic rings. The number of hydrogen-bond donors (Lipinski definition) is 1. The molecule has 0 bridgehead atoms. The van der Waals surface area contributed by atoms with Crippen molar-refractivity contribution in [3.05, 3.63) is 92.6 Å². The first-order valence-electron chi connectivity index (χ1n) is 9.17. The van der Waals surface area contributed by atoms with Crippen molar-refractivity contribution in [2.75, 3.05) is 5.32 Å². The van der Waals surface area contributed by atoms with Crippen LogP contribution in [-0.2, 0) is 12.6 Å². The van der Waals surface area contributed by atoms with Gasteiger partial charge in [-0.05, 0) is 42.0 Å². The van der Waals surface area contributed by atoms with Crippen LogP contribution in [0.4, 0.5) is 18.3 Å². The number of aromatic nitrogens is 1. The molecule has 4 nitrogen and oxygen atoms in total. The van der Waals surface area contributed by atoms with E-state index in [-0.39, 0.29) is 17.1 Å². The zero-order chi connectivity index (χ0) is 22.9. The highest BCUT2D eigenvalue weighted by molar-refractivity contribution is 7.15. The number of carbonyl (C=O) groups excluding carboxylic acids is 1. The van der Waals surface area contributed by atoms with Crippen LogP contribution in [0.1, 0.15) is 26.6 Å². The third kappa shape index (κ3) is 4.98. The number of nitrogens with zero attached hydrogens (tertiary/aromatic N) is 1. The predicted octanol–water partition coefficient (Wildman–Crippen LogP) is 7.57. The fourth-order valence-corrected chi connectivity index (χ4v) is 4.20. The number of hydrogen-bond acceptors (Lipinski definition) is 4. The van der Waals surface area contributed by atoms with E-state index >= 15 is 0 Å². The van der Waals surface area contributed by atoms with E-state index < -0.39 is 22.7 Å². The monoisotopic (exact) mass is 496 g/mol. The highest BCUT2D eigenvalue weighted by atomic mass is 35.5. The summed E-state index contributed by atoms with van der Waals surface area (Å²) in [5, 5.41) is 3.22. The minimum atomic E-state index is -4.60. The fourth-order valence-electron chi connectivity index (χ4n) is 2.95. The number of anilines is 1. The van der Waals surface area contributed by atoms with Crippen molar-refractivity contribution in [1.29, 1.82) is 0 Å². The molecule has 4 aromatic rings. The van der Waals surface area contributed by atoms with Crippen molar-refractivity contribution < 1.29 is 22.4 Å². The number of carbonyl (C=O) groups is 1. The molecule has 10 heteroatoms. The Labute approximate surface area is 194 Å². The Bertz CT molecular complexity index is 1280. The molecule has 0 spiro atoms. The highest BCUT2D eigenvalue weighted by Gasteiger charge is 2.33. The average molecular weight is 497 g/mol. The summed E-state index contributed by atoms with van der Waals surface area (Å²) in [4.78, 5) is 17.6. The molecule has 0 saturated carbocycles. The Balaban J connectivity index is 1.47. The van der Waals surface area contributed by atoms with Gasteiger partial charge in [0.25, 0.3) is 5.91 Å². The normalized spacial score (nSPS) is 11.5. The van der Waals surface area contributed by atoms with Gasteiger partial charge < -0.3 is 4.42 Å². The quantitative estimate of drug-likeness (QED) is 0.309. The van der Waals surface area contributed by atoms with Crippen LogP contribution < -0.4 is 5.32 Å². The first-order valence-corrected chi connectivity index (χ1v) is 10.7. The van der Waals surface area contributed by atoms with Crippen molar-refractivity contribution >= 4 is 45.6 Å². The van der Waals surface area contributed by atoms with E-state index in [0.29, 0.717) is 16.6 Å². The van der Waals surface area contributed by atoms with E-state index in [4.69, 9.17) is 27.6 Å². The second-order valence-electron chi connectivity index (χ2n) is 6.71. The van der Waals surface area contributed by atoms with E-state index in [1.54, 1.807) is 12.3 Å². The summed E-state index contributed by atoms with van der Waals surface area (Å²) in [6.45, 7) is 0. The average Bonchev–Trinajstić information content (AvgIpc) is 3.39. The summed E-state index contributed by atoms with van der Waals surface area (Å²) in [6, 6.07) is 13.6. The molecule has 0 saturated heterocycles. The molecule has 164 valence electrons. The molecule has 2 aromatic carbocycles. The lowest BCUT2D eigenvalue weighted by Crippen LogP contribution is -2.10. The minimum Gasteiger partial charge on any atom is -0.451 e. The summed E-state index contributed by atoms with van der Waals surface area (Å²) in [6.07, 6.45) is -2.40. The Morgan fingerprint density at radius 3 is 2.59 bits per heavy atom. The van der Waals surface area contributed by atoms with Crippen molar-refractivity contribution in [1.82, 2.24) is 4.98 Å². The Morgan fingerprint density at radius 1 is 1.06 bits per heavy atom. The molecule has 1 N–H and O–H groups in total. The van der Waals surface area contributed by atoms with Gasteiger partial charge in [0.05, 0.1) is 10.6 Å². The number of furan rings is 1. The maximum Gasteiger partial charge on any atom is 0.417 e. The fraction of sp³-hybridized carbons (Fsp3) is 0.0909. The Kier molecular flexibility index (Phi) is 6.28. The molecule has 0 atom stereocenters. The molecular weight excluding hydrogens is 484 g/mol. The molecule has 0 unspecified atom stereocenters. The number of rotatable bonds is 5. The van der Waals surface area contributed by atoms with Crippen molar-refractivity contribution in [3.8, 4) is 11.3 Å².